The van der Waals surface area contributed by atoms with E-state index in [4.69, 9.17) is 9.47 Å². The first-order valence-electron chi connectivity index (χ1n) is 5.18. The monoisotopic (exact) mass is 280 g/mol. The van der Waals surface area contributed by atoms with Crippen LogP contribution in [0.5, 0.6) is 0 Å². The lowest BCUT2D eigenvalue weighted by atomic mass is 10.2. The van der Waals surface area contributed by atoms with Gasteiger partial charge in [0.1, 0.15) is 5.60 Å². The topological polar surface area (TPSA) is 35.5 Å². The van der Waals surface area contributed by atoms with E-state index in [0.29, 0.717) is 11.8 Å². The van der Waals surface area contributed by atoms with E-state index in [1.54, 1.807) is 0 Å². The van der Waals surface area contributed by atoms with E-state index in [2.05, 4.69) is 15.9 Å². The molecule has 0 aromatic rings. The van der Waals surface area contributed by atoms with E-state index >= 15 is 0 Å². The molecule has 4 heteroatoms. The Kier molecular flexibility index (Phi) is 6.44. The molecule has 0 aliphatic heterocycles. The third-order valence-corrected chi connectivity index (χ3v) is 2.17. The summed E-state index contributed by atoms with van der Waals surface area (Å²) in [6, 6.07) is 0. The van der Waals surface area contributed by atoms with Crippen LogP contribution in [0.3, 0.4) is 0 Å². The fraction of sp³-hybridized carbons (Fsp3) is 0.909. The third-order valence-electron chi connectivity index (χ3n) is 1.45. The highest BCUT2D eigenvalue weighted by Crippen LogP contribution is 2.12. The molecule has 0 N–H and O–H groups in total. The van der Waals surface area contributed by atoms with Gasteiger partial charge >= 0.3 is 5.97 Å². The van der Waals surface area contributed by atoms with Crippen LogP contribution in [0.1, 0.15) is 41.0 Å². The minimum atomic E-state index is -0.425. The molecule has 0 aliphatic rings. The Balaban J connectivity index is 4.02. The van der Waals surface area contributed by atoms with Crippen LogP contribution in [0.2, 0.25) is 0 Å². The average Bonchev–Trinajstić information content (AvgIpc) is 1.98. The lowest BCUT2D eigenvalue weighted by Gasteiger charge is -2.22. The molecule has 0 bridgehead atoms. The molecule has 0 fully saturated rings. The molecule has 0 aromatic heterocycles. The van der Waals surface area contributed by atoms with Crippen molar-refractivity contribution in [3.05, 3.63) is 0 Å². The molecule has 0 amide bonds. The predicted molar refractivity (Wildman–Crippen MR) is 64.3 cm³/mol. The molecule has 3 nitrogen and oxygen atoms in total. The molecule has 0 saturated carbocycles. The summed E-state index contributed by atoms with van der Waals surface area (Å²) in [7, 11) is 0. The van der Waals surface area contributed by atoms with Crippen molar-refractivity contribution in [1.29, 1.82) is 0 Å². The van der Waals surface area contributed by atoms with E-state index < -0.39 is 5.60 Å². The number of carbonyl (C=O) groups is 1. The van der Waals surface area contributed by atoms with Gasteiger partial charge in [0.05, 0.1) is 18.6 Å². The van der Waals surface area contributed by atoms with Gasteiger partial charge in [0, 0.05) is 5.33 Å². The van der Waals surface area contributed by atoms with Crippen molar-refractivity contribution in [3.8, 4) is 0 Å². The van der Waals surface area contributed by atoms with Crippen molar-refractivity contribution >= 4 is 21.9 Å². The van der Waals surface area contributed by atoms with E-state index in [1.807, 2.05) is 34.6 Å². The van der Waals surface area contributed by atoms with Gasteiger partial charge in [0.25, 0.3) is 0 Å². The molecule has 0 rings (SSSR count). The van der Waals surface area contributed by atoms with E-state index in [1.165, 1.54) is 0 Å². The van der Waals surface area contributed by atoms with Crippen molar-refractivity contribution in [3.63, 3.8) is 0 Å². The SMILES string of the molecule is CC(C)OC(CBr)CC(=O)OC(C)(C)C. The quantitative estimate of drug-likeness (QED) is 0.574. The second kappa shape index (κ2) is 6.48. The number of rotatable bonds is 5. The average molecular weight is 281 g/mol. The van der Waals surface area contributed by atoms with Crippen LogP contribution < -0.4 is 0 Å². The molecule has 0 saturated heterocycles. The fourth-order valence-corrected chi connectivity index (χ4v) is 1.47. The smallest absolute Gasteiger partial charge is 0.308 e. The zero-order valence-corrected chi connectivity index (χ0v) is 11.8. The molecule has 90 valence electrons. The van der Waals surface area contributed by atoms with Crippen LogP contribution in [0.4, 0.5) is 0 Å². The lowest BCUT2D eigenvalue weighted by Crippen LogP contribution is -2.29. The van der Waals surface area contributed by atoms with Crippen LogP contribution in [0, 0.1) is 0 Å². The third kappa shape index (κ3) is 8.88. The van der Waals surface area contributed by atoms with Gasteiger partial charge in [-0.05, 0) is 34.6 Å². The first kappa shape index (κ1) is 14.9. The highest BCUT2D eigenvalue weighted by Gasteiger charge is 2.20. The molecule has 1 atom stereocenters. The number of hydrogen-bond donors (Lipinski definition) is 0. The van der Waals surface area contributed by atoms with Crippen LogP contribution in [-0.4, -0.2) is 29.1 Å². The van der Waals surface area contributed by atoms with Crippen LogP contribution in [0.25, 0.3) is 0 Å². The fourth-order valence-electron chi connectivity index (χ4n) is 1.09. The summed E-state index contributed by atoms with van der Waals surface area (Å²) >= 11 is 3.32. The molecule has 0 spiro atoms. The van der Waals surface area contributed by atoms with Gasteiger partial charge in [-0.15, -0.1) is 0 Å². The van der Waals surface area contributed by atoms with Crippen molar-refractivity contribution in [2.75, 3.05) is 5.33 Å². The zero-order chi connectivity index (χ0) is 12.1. The van der Waals surface area contributed by atoms with Gasteiger partial charge in [-0.2, -0.15) is 0 Å². The van der Waals surface area contributed by atoms with Crippen LogP contribution in [0.15, 0.2) is 0 Å². The van der Waals surface area contributed by atoms with E-state index in [-0.39, 0.29) is 18.2 Å². The van der Waals surface area contributed by atoms with Gasteiger partial charge in [0.15, 0.2) is 0 Å². The first-order valence-corrected chi connectivity index (χ1v) is 6.30. The number of esters is 1. The number of alkyl halides is 1. The Morgan fingerprint density at radius 2 is 1.87 bits per heavy atom. The summed E-state index contributed by atoms with van der Waals surface area (Å²) in [5.41, 5.74) is -0.425. The Hall–Kier alpha value is -0.0900. The predicted octanol–water partition coefficient (Wildman–Crippen LogP) is 2.91. The number of carbonyl (C=O) groups excluding carboxylic acids is 1. The highest BCUT2D eigenvalue weighted by molar-refractivity contribution is 9.09. The summed E-state index contributed by atoms with van der Waals surface area (Å²) in [4.78, 5) is 11.5. The maximum atomic E-state index is 11.5. The summed E-state index contributed by atoms with van der Waals surface area (Å²) in [5.74, 6) is -0.215. The van der Waals surface area contributed by atoms with E-state index in [0.717, 1.165) is 0 Å². The molecule has 0 radical (unpaired) electrons. The second-order valence-electron chi connectivity index (χ2n) is 4.75. The second-order valence-corrected chi connectivity index (χ2v) is 5.40. The Bertz CT molecular complexity index is 196. The molecule has 0 aromatic carbocycles. The zero-order valence-electron chi connectivity index (χ0n) is 10.2. The standard InChI is InChI=1S/C11H21BrO3/c1-8(2)14-9(7-12)6-10(13)15-11(3,4)5/h8-9H,6-7H2,1-5H3. The largest absolute Gasteiger partial charge is 0.460 e. The Morgan fingerprint density at radius 3 is 2.20 bits per heavy atom. The maximum Gasteiger partial charge on any atom is 0.308 e. The summed E-state index contributed by atoms with van der Waals surface area (Å²) in [6.07, 6.45) is 0.301. The van der Waals surface area contributed by atoms with Gasteiger partial charge < -0.3 is 9.47 Å². The summed E-state index contributed by atoms with van der Waals surface area (Å²) in [6.45, 7) is 9.47. The van der Waals surface area contributed by atoms with Crippen molar-refractivity contribution in [2.45, 2.75) is 58.8 Å². The van der Waals surface area contributed by atoms with Gasteiger partial charge in [0.2, 0.25) is 0 Å². The van der Waals surface area contributed by atoms with Gasteiger partial charge in [-0.3, -0.25) is 4.79 Å². The Labute approximate surface area is 101 Å². The minimum Gasteiger partial charge on any atom is -0.460 e. The molecule has 0 heterocycles. The molecule has 0 aliphatic carbocycles. The van der Waals surface area contributed by atoms with E-state index in [9.17, 15) is 4.79 Å². The lowest BCUT2D eigenvalue weighted by molar-refractivity contribution is -0.158. The van der Waals surface area contributed by atoms with Crippen molar-refractivity contribution < 1.29 is 14.3 Å². The molecule has 1 unspecified atom stereocenters. The molecular formula is C11H21BrO3. The summed E-state index contributed by atoms with van der Waals surface area (Å²) in [5, 5.41) is 0.643. The molecular weight excluding hydrogens is 260 g/mol. The number of halogens is 1. The number of ether oxygens (including phenoxy) is 2. The van der Waals surface area contributed by atoms with Crippen LogP contribution >= 0.6 is 15.9 Å². The minimum absolute atomic E-state index is 0.111. The highest BCUT2D eigenvalue weighted by atomic mass is 79.9. The first-order chi connectivity index (χ1) is 6.74. The van der Waals surface area contributed by atoms with Crippen molar-refractivity contribution in [2.24, 2.45) is 0 Å². The molecule has 15 heavy (non-hydrogen) atoms. The van der Waals surface area contributed by atoms with Gasteiger partial charge in [-0.1, -0.05) is 15.9 Å². The summed E-state index contributed by atoms with van der Waals surface area (Å²) < 4.78 is 10.7. The number of hydrogen-bond acceptors (Lipinski definition) is 3. The van der Waals surface area contributed by atoms with Crippen molar-refractivity contribution in [1.82, 2.24) is 0 Å². The maximum absolute atomic E-state index is 11.5. The van der Waals surface area contributed by atoms with Crippen LogP contribution in [-0.2, 0) is 14.3 Å². The van der Waals surface area contributed by atoms with Gasteiger partial charge in [-0.25, -0.2) is 0 Å². The Morgan fingerprint density at radius 1 is 1.33 bits per heavy atom. The normalized spacial score (nSPS) is 14.1.